The number of anilines is 1. The molecule has 0 bridgehead atoms. The lowest BCUT2D eigenvalue weighted by Crippen LogP contribution is -2.14. The summed E-state index contributed by atoms with van der Waals surface area (Å²) in [5.41, 5.74) is 2.18. The third-order valence-corrected chi connectivity index (χ3v) is 6.58. The number of carbonyl (C=O) groups is 2. The van der Waals surface area contributed by atoms with E-state index in [2.05, 4.69) is 53.7 Å². The van der Waals surface area contributed by atoms with Crippen LogP contribution in [0, 0.1) is 0 Å². The predicted octanol–water partition coefficient (Wildman–Crippen LogP) is 9.58. The van der Waals surface area contributed by atoms with E-state index in [0.717, 1.165) is 55.8 Å². The van der Waals surface area contributed by atoms with E-state index < -0.39 is 0 Å². The third-order valence-electron chi connectivity index (χ3n) is 6.34. The lowest BCUT2D eigenvalue weighted by atomic mass is 10.1. The first-order valence-electron chi connectivity index (χ1n) is 13.8. The maximum atomic E-state index is 13.2. The lowest BCUT2D eigenvalue weighted by molar-refractivity contribution is -0.116. The van der Waals surface area contributed by atoms with Crippen molar-refractivity contribution in [3.05, 3.63) is 101 Å². The molecule has 5 heteroatoms. The first-order chi connectivity index (χ1) is 18.6. The number of allylic oxidation sites excluding steroid dienone is 6. The van der Waals surface area contributed by atoms with Crippen LogP contribution in [-0.4, -0.2) is 16.7 Å². The van der Waals surface area contributed by atoms with E-state index in [9.17, 15) is 9.59 Å². The number of nitrogens with one attached hydrogen (secondary N) is 2. The first-order valence-corrected chi connectivity index (χ1v) is 14.1. The maximum Gasteiger partial charge on any atom is 0.224 e. The molecule has 0 aliphatic carbocycles. The minimum atomic E-state index is -0.164. The number of benzene rings is 2. The minimum absolute atomic E-state index is 0.0795. The van der Waals surface area contributed by atoms with Crippen LogP contribution >= 0.6 is 11.6 Å². The van der Waals surface area contributed by atoms with Crippen LogP contribution in [0.5, 0.6) is 0 Å². The number of carbonyl (C=O) groups excluding carboxylic acids is 2. The Hall–Kier alpha value is -3.37. The van der Waals surface area contributed by atoms with Gasteiger partial charge < -0.3 is 10.3 Å². The van der Waals surface area contributed by atoms with Crippen LogP contribution in [0.15, 0.2) is 85.0 Å². The van der Waals surface area contributed by atoms with Crippen molar-refractivity contribution in [1.29, 1.82) is 0 Å². The highest BCUT2D eigenvalue weighted by Crippen LogP contribution is 2.31. The number of hydrogen-bond donors (Lipinski definition) is 2. The number of unbranched alkanes of at least 4 members (excludes halogenated alkanes) is 5. The molecule has 38 heavy (non-hydrogen) atoms. The van der Waals surface area contributed by atoms with Crippen LogP contribution in [0.3, 0.4) is 0 Å². The topological polar surface area (TPSA) is 62.0 Å². The molecule has 0 saturated carbocycles. The van der Waals surface area contributed by atoms with Crippen LogP contribution in [0.4, 0.5) is 5.69 Å². The van der Waals surface area contributed by atoms with Crippen molar-refractivity contribution < 1.29 is 9.59 Å². The van der Waals surface area contributed by atoms with Gasteiger partial charge in [-0.3, -0.25) is 9.59 Å². The van der Waals surface area contributed by atoms with Gasteiger partial charge in [0.1, 0.15) is 5.69 Å². The number of amides is 1. The molecule has 0 atom stereocenters. The van der Waals surface area contributed by atoms with Crippen molar-refractivity contribution in [2.75, 3.05) is 5.32 Å². The van der Waals surface area contributed by atoms with Crippen molar-refractivity contribution in [2.45, 2.75) is 71.1 Å². The van der Waals surface area contributed by atoms with Gasteiger partial charge in [-0.05, 0) is 56.7 Å². The summed E-state index contributed by atoms with van der Waals surface area (Å²) in [7, 11) is 0. The maximum absolute atomic E-state index is 13.2. The van der Waals surface area contributed by atoms with Gasteiger partial charge in [0.15, 0.2) is 0 Å². The van der Waals surface area contributed by atoms with Gasteiger partial charge in [-0.1, -0.05) is 105 Å². The zero-order valence-electron chi connectivity index (χ0n) is 22.3. The van der Waals surface area contributed by atoms with Crippen LogP contribution in [0.2, 0.25) is 5.02 Å². The van der Waals surface area contributed by atoms with Crippen LogP contribution in [-0.2, 0) is 4.79 Å². The van der Waals surface area contributed by atoms with Crippen LogP contribution in [0.1, 0.15) is 87.2 Å². The Kier molecular flexibility index (Phi) is 12.6. The summed E-state index contributed by atoms with van der Waals surface area (Å²) in [5.74, 6) is -0.244. The second-order valence-corrected chi connectivity index (χ2v) is 9.84. The van der Waals surface area contributed by atoms with E-state index in [1.807, 2.05) is 24.3 Å². The zero-order chi connectivity index (χ0) is 27.0. The lowest BCUT2D eigenvalue weighted by Gasteiger charge is -2.08. The fourth-order valence-electron chi connectivity index (χ4n) is 4.31. The molecular formula is C33H39ClN2O2. The average Bonchev–Trinajstić information content (AvgIpc) is 3.27. The molecule has 200 valence electrons. The number of H-pyrrole nitrogens is 1. The van der Waals surface area contributed by atoms with Gasteiger partial charge in [-0.2, -0.15) is 0 Å². The van der Waals surface area contributed by atoms with Crippen molar-refractivity contribution in [2.24, 2.45) is 0 Å². The SMILES string of the molecule is CC/C=C\C/C=C\C/C=C\CCCCCCCC(=O)Nc1c(C(=O)c2ccccc2)[nH]c2cc(Cl)ccc12. The van der Waals surface area contributed by atoms with E-state index in [1.165, 1.54) is 12.8 Å². The highest BCUT2D eigenvalue weighted by Gasteiger charge is 2.21. The van der Waals surface area contributed by atoms with Gasteiger partial charge in [0.05, 0.1) is 5.69 Å². The van der Waals surface area contributed by atoms with Gasteiger partial charge in [-0.25, -0.2) is 0 Å². The minimum Gasteiger partial charge on any atom is -0.350 e. The summed E-state index contributed by atoms with van der Waals surface area (Å²) in [6.07, 6.45) is 23.3. The van der Waals surface area contributed by atoms with Crippen molar-refractivity contribution in [1.82, 2.24) is 4.98 Å². The van der Waals surface area contributed by atoms with Crippen molar-refractivity contribution in [3.63, 3.8) is 0 Å². The molecule has 0 aliphatic rings. The Morgan fingerprint density at radius 3 is 2.29 bits per heavy atom. The molecule has 2 N–H and O–H groups in total. The zero-order valence-corrected chi connectivity index (χ0v) is 23.1. The summed E-state index contributed by atoms with van der Waals surface area (Å²) in [6, 6.07) is 14.4. The molecular weight excluding hydrogens is 492 g/mol. The molecule has 1 aromatic heterocycles. The molecule has 1 amide bonds. The smallest absolute Gasteiger partial charge is 0.224 e. The van der Waals surface area contributed by atoms with E-state index in [1.54, 1.807) is 24.3 Å². The molecule has 0 aliphatic heterocycles. The molecule has 3 rings (SSSR count). The molecule has 0 saturated heterocycles. The fraction of sp³-hybridized carbons (Fsp3) is 0.333. The van der Waals surface area contributed by atoms with E-state index in [-0.39, 0.29) is 11.7 Å². The number of rotatable bonds is 16. The summed E-state index contributed by atoms with van der Waals surface area (Å²) in [5, 5.41) is 4.35. The number of ketones is 1. The van der Waals surface area contributed by atoms with Crippen molar-refractivity contribution in [3.8, 4) is 0 Å². The summed E-state index contributed by atoms with van der Waals surface area (Å²) >= 11 is 6.16. The second kappa shape index (κ2) is 16.5. The fourth-order valence-corrected chi connectivity index (χ4v) is 4.48. The Balaban J connectivity index is 1.41. The molecule has 1 heterocycles. The van der Waals surface area contributed by atoms with Crippen LogP contribution < -0.4 is 5.32 Å². The highest BCUT2D eigenvalue weighted by molar-refractivity contribution is 6.31. The number of aromatic nitrogens is 1. The van der Waals surface area contributed by atoms with E-state index in [0.29, 0.717) is 28.4 Å². The van der Waals surface area contributed by atoms with E-state index >= 15 is 0 Å². The summed E-state index contributed by atoms with van der Waals surface area (Å²) in [6.45, 7) is 2.15. The van der Waals surface area contributed by atoms with Crippen molar-refractivity contribution >= 4 is 39.9 Å². The molecule has 0 fully saturated rings. The summed E-state index contributed by atoms with van der Waals surface area (Å²) in [4.78, 5) is 29.1. The monoisotopic (exact) mass is 530 g/mol. The molecule has 0 radical (unpaired) electrons. The second-order valence-electron chi connectivity index (χ2n) is 9.41. The van der Waals surface area contributed by atoms with Gasteiger partial charge in [0, 0.05) is 27.9 Å². The highest BCUT2D eigenvalue weighted by atomic mass is 35.5. The van der Waals surface area contributed by atoms with Crippen LogP contribution in [0.25, 0.3) is 10.9 Å². The van der Waals surface area contributed by atoms with Gasteiger partial charge in [-0.15, -0.1) is 0 Å². The molecule has 4 nitrogen and oxygen atoms in total. The normalized spacial score (nSPS) is 11.8. The Bertz CT molecular complexity index is 1250. The largest absolute Gasteiger partial charge is 0.350 e. The quantitative estimate of drug-likeness (QED) is 0.110. The van der Waals surface area contributed by atoms with Gasteiger partial charge in [0.2, 0.25) is 11.7 Å². The number of halogens is 1. The molecule has 2 aromatic carbocycles. The Morgan fingerprint density at radius 2 is 1.53 bits per heavy atom. The average molecular weight is 531 g/mol. The number of fused-ring (bicyclic) bond motifs is 1. The number of aromatic amines is 1. The Labute approximate surface area is 231 Å². The predicted molar refractivity (Wildman–Crippen MR) is 161 cm³/mol. The first kappa shape index (κ1) is 29.2. The van der Waals surface area contributed by atoms with E-state index in [4.69, 9.17) is 11.6 Å². The van der Waals surface area contributed by atoms with Gasteiger partial charge in [0.25, 0.3) is 0 Å². The molecule has 0 unspecified atom stereocenters. The molecule has 3 aromatic rings. The molecule has 0 spiro atoms. The standard InChI is InChI=1S/C33H39ClN2O2/c1-2-3-4-5-6-7-8-9-10-11-12-13-14-15-19-22-30(37)36-31-28-24-23-27(34)25-29(28)35-32(31)33(38)26-20-17-16-18-21-26/h3-4,6-7,9-10,16-18,20-21,23-25,35H,2,5,8,11-15,19,22H2,1H3,(H,36,37)/b4-3-,7-6-,10-9-. The number of hydrogen-bond acceptors (Lipinski definition) is 2. The van der Waals surface area contributed by atoms with Gasteiger partial charge >= 0.3 is 0 Å². The third kappa shape index (κ3) is 9.50. The Morgan fingerprint density at radius 1 is 0.842 bits per heavy atom. The summed E-state index contributed by atoms with van der Waals surface area (Å²) < 4.78 is 0.